The van der Waals surface area contributed by atoms with Crippen molar-refractivity contribution in [2.45, 2.75) is 32.9 Å². The van der Waals surface area contributed by atoms with Gasteiger partial charge in [0, 0.05) is 12.5 Å². The predicted octanol–water partition coefficient (Wildman–Crippen LogP) is 2.37. The van der Waals surface area contributed by atoms with Gasteiger partial charge in [-0.25, -0.2) is 4.39 Å². The van der Waals surface area contributed by atoms with Gasteiger partial charge in [-0.15, -0.1) is 0 Å². The Morgan fingerprint density at radius 1 is 1.18 bits per heavy atom. The molecule has 1 aliphatic heterocycles. The summed E-state index contributed by atoms with van der Waals surface area (Å²) < 4.78 is 18.8. The molecule has 0 atom stereocenters. The number of nitrogens with zero attached hydrogens (tertiary/aromatic N) is 1. The van der Waals surface area contributed by atoms with E-state index < -0.39 is 0 Å². The lowest BCUT2D eigenvalue weighted by Crippen LogP contribution is -2.44. The number of benzene rings is 1. The Balaban J connectivity index is 1.35. The zero-order chi connectivity index (χ0) is 19.9. The van der Waals surface area contributed by atoms with E-state index in [1.54, 1.807) is 25.3 Å². The first kappa shape index (κ1) is 20.1. The van der Waals surface area contributed by atoms with Gasteiger partial charge in [0.05, 0.1) is 19.4 Å². The second-order valence-corrected chi connectivity index (χ2v) is 7.21. The summed E-state index contributed by atoms with van der Waals surface area (Å²) in [6.07, 6.45) is 3.03. The Morgan fingerprint density at radius 3 is 2.64 bits per heavy atom. The van der Waals surface area contributed by atoms with E-state index in [-0.39, 0.29) is 30.1 Å². The maximum Gasteiger partial charge on any atom is 0.234 e. The molecule has 6 nitrogen and oxygen atoms in total. The first-order valence-electron chi connectivity index (χ1n) is 9.55. The molecule has 2 N–H and O–H groups in total. The predicted molar refractivity (Wildman–Crippen MR) is 103 cm³/mol. The molecule has 2 aromatic rings. The minimum atomic E-state index is -0.265. The number of furan rings is 1. The van der Waals surface area contributed by atoms with Crippen LogP contribution in [-0.2, 0) is 22.7 Å². The highest BCUT2D eigenvalue weighted by atomic mass is 19.1. The van der Waals surface area contributed by atoms with Gasteiger partial charge in [0.25, 0.3) is 0 Å². The third-order valence-corrected chi connectivity index (χ3v) is 5.07. The molecule has 7 heteroatoms. The molecule has 0 radical (unpaired) electrons. The number of hydrogen-bond donors (Lipinski definition) is 2. The van der Waals surface area contributed by atoms with Crippen LogP contribution in [-0.4, -0.2) is 36.3 Å². The first-order valence-corrected chi connectivity index (χ1v) is 9.55. The average molecular weight is 387 g/mol. The van der Waals surface area contributed by atoms with E-state index in [9.17, 15) is 14.0 Å². The first-order chi connectivity index (χ1) is 13.5. The van der Waals surface area contributed by atoms with E-state index in [0.717, 1.165) is 24.2 Å². The number of carbonyl (C=O) groups is 2. The van der Waals surface area contributed by atoms with Crippen molar-refractivity contribution in [3.8, 4) is 0 Å². The van der Waals surface area contributed by atoms with Crippen molar-refractivity contribution in [2.75, 3.05) is 19.6 Å². The zero-order valence-corrected chi connectivity index (χ0v) is 16.0. The molecule has 2 heterocycles. The molecule has 150 valence electrons. The Labute approximate surface area is 164 Å². The highest BCUT2D eigenvalue weighted by Crippen LogP contribution is 2.17. The minimum Gasteiger partial charge on any atom is -0.467 e. The van der Waals surface area contributed by atoms with Crippen LogP contribution in [0, 0.1) is 18.7 Å². The van der Waals surface area contributed by atoms with Gasteiger partial charge in [0.15, 0.2) is 0 Å². The van der Waals surface area contributed by atoms with Gasteiger partial charge < -0.3 is 15.1 Å². The van der Waals surface area contributed by atoms with Crippen molar-refractivity contribution in [2.24, 2.45) is 5.92 Å². The number of amides is 2. The highest BCUT2D eigenvalue weighted by Gasteiger charge is 2.25. The normalized spacial score (nSPS) is 15.4. The van der Waals surface area contributed by atoms with E-state index >= 15 is 0 Å². The molecule has 1 aromatic carbocycles. The lowest BCUT2D eigenvalue weighted by Gasteiger charge is -2.30. The molecule has 1 saturated heterocycles. The minimum absolute atomic E-state index is 0.0295. The van der Waals surface area contributed by atoms with Crippen molar-refractivity contribution in [3.63, 3.8) is 0 Å². The van der Waals surface area contributed by atoms with Crippen molar-refractivity contribution < 1.29 is 18.4 Å². The second-order valence-electron chi connectivity index (χ2n) is 7.21. The molecule has 1 fully saturated rings. The van der Waals surface area contributed by atoms with Gasteiger partial charge in [-0.05, 0) is 62.2 Å². The number of hydrogen-bond acceptors (Lipinski definition) is 4. The molecular formula is C21H26FN3O3. The molecule has 2 amide bonds. The summed E-state index contributed by atoms with van der Waals surface area (Å²) >= 11 is 0. The molecule has 0 bridgehead atoms. The summed E-state index contributed by atoms with van der Waals surface area (Å²) in [5, 5.41) is 5.72. The number of halogens is 1. The van der Waals surface area contributed by atoms with Crippen molar-refractivity contribution >= 4 is 11.8 Å². The topological polar surface area (TPSA) is 74.6 Å². The maximum absolute atomic E-state index is 13.6. The van der Waals surface area contributed by atoms with Crippen LogP contribution in [0.5, 0.6) is 0 Å². The van der Waals surface area contributed by atoms with Gasteiger partial charge in [-0.2, -0.15) is 0 Å². The molecule has 0 aliphatic carbocycles. The lowest BCUT2D eigenvalue weighted by molar-refractivity contribution is -0.127. The Hall–Kier alpha value is -2.67. The smallest absolute Gasteiger partial charge is 0.234 e. The van der Waals surface area contributed by atoms with Crippen molar-refractivity contribution in [3.05, 3.63) is 59.3 Å². The van der Waals surface area contributed by atoms with Gasteiger partial charge in [-0.3, -0.25) is 14.5 Å². The quantitative estimate of drug-likeness (QED) is 0.765. The third-order valence-electron chi connectivity index (χ3n) is 5.07. The molecule has 1 aliphatic rings. The molecule has 3 rings (SSSR count). The van der Waals surface area contributed by atoms with E-state index in [4.69, 9.17) is 4.42 Å². The van der Waals surface area contributed by atoms with Crippen molar-refractivity contribution in [1.29, 1.82) is 0 Å². The summed E-state index contributed by atoms with van der Waals surface area (Å²) in [5.74, 6) is 0.364. The molecule has 28 heavy (non-hydrogen) atoms. The van der Waals surface area contributed by atoms with Crippen LogP contribution in [0.25, 0.3) is 0 Å². The summed E-state index contributed by atoms with van der Waals surface area (Å²) in [5.41, 5.74) is 1.33. The Morgan fingerprint density at radius 2 is 1.96 bits per heavy atom. The summed E-state index contributed by atoms with van der Waals surface area (Å²) in [4.78, 5) is 26.4. The summed E-state index contributed by atoms with van der Waals surface area (Å²) in [6, 6.07) is 8.58. The lowest BCUT2D eigenvalue weighted by atomic mass is 9.96. The molecule has 0 unspecified atom stereocenters. The fourth-order valence-electron chi connectivity index (χ4n) is 3.29. The third kappa shape index (κ3) is 5.66. The average Bonchev–Trinajstić information content (AvgIpc) is 3.21. The second kappa shape index (κ2) is 9.50. The summed E-state index contributed by atoms with van der Waals surface area (Å²) in [6.45, 7) is 4.10. The number of rotatable bonds is 7. The van der Waals surface area contributed by atoms with Crippen LogP contribution in [0.3, 0.4) is 0 Å². The summed E-state index contributed by atoms with van der Waals surface area (Å²) in [7, 11) is 0. The van der Waals surface area contributed by atoms with Crippen molar-refractivity contribution in [1.82, 2.24) is 15.5 Å². The number of nitrogens with one attached hydrogen (secondary N) is 2. The standard InChI is InChI=1S/C21H26FN3O3/c1-15-4-5-16(11-19(15)22)12-23-20(26)14-25-8-6-17(7-9-25)21(27)24-13-18-3-2-10-28-18/h2-5,10-11,17H,6-9,12-14H2,1H3,(H,23,26)(H,24,27). The Kier molecular flexibility index (Phi) is 6.81. The van der Waals surface area contributed by atoms with Crippen LogP contribution >= 0.6 is 0 Å². The Bertz CT molecular complexity index is 799. The van der Waals surface area contributed by atoms with E-state index in [1.165, 1.54) is 6.07 Å². The monoisotopic (exact) mass is 387 g/mol. The molecule has 0 saturated carbocycles. The number of aryl methyl sites for hydroxylation is 1. The molecule has 1 aromatic heterocycles. The van der Waals surface area contributed by atoms with E-state index in [0.29, 0.717) is 31.7 Å². The highest BCUT2D eigenvalue weighted by molar-refractivity contribution is 5.79. The molecule has 0 spiro atoms. The maximum atomic E-state index is 13.6. The van der Waals surface area contributed by atoms with Crippen LogP contribution in [0.4, 0.5) is 4.39 Å². The van der Waals surface area contributed by atoms with Crippen LogP contribution in [0.1, 0.15) is 29.7 Å². The fraction of sp³-hybridized carbons (Fsp3) is 0.429. The van der Waals surface area contributed by atoms with Crippen LogP contribution < -0.4 is 10.6 Å². The fourth-order valence-corrected chi connectivity index (χ4v) is 3.29. The van der Waals surface area contributed by atoms with Gasteiger partial charge in [0.1, 0.15) is 11.6 Å². The van der Waals surface area contributed by atoms with Crippen LogP contribution in [0.2, 0.25) is 0 Å². The van der Waals surface area contributed by atoms with Gasteiger partial charge in [-0.1, -0.05) is 12.1 Å². The molecular weight excluding hydrogens is 361 g/mol. The van der Waals surface area contributed by atoms with Crippen LogP contribution in [0.15, 0.2) is 41.0 Å². The largest absolute Gasteiger partial charge is 0.467 e. The van der Waals surface area contributed by atoms with Gasteiger partial charge >= 0.3 is 0 Å². The number of carbonyl (C=O) groups excluding carboxylic acids is 2. The van der Waals surface area contributed by atoms with Gasteiger partial charge in [0.2, 0.25) is 11.8 Å². The van der Waals surface area contributed by atoms with E-state index in [2.05, 4.69) is 10.6 Å². The number of piperidine rings is 1. The number of likely N-dealkylation sites (tertiary alicyclic amines) is 1. The van der Waals surface area contributed by atoms with E-state index in [1.807, 2.05) is 17.0 Å². The zero-order valence-electron chi connectivity index (χ0n) is 16.0. The SMILES string of the molecule is Cc1ccc(CNC(=O)CN2CCC(C(=O)NCc3ccco3)CC2)cc1F.